The van der Waals surface area contributed by atoms with Crippen molar-refractivity contribution in [3.8, 4) is 11.5 Å². The molecule has 0 saturated heterocycles. The fraction of sp³-hybridized carbons (Fsp3) is 0.0870. The average molecular weight is 400 g/mol. The molecule has 0 aliphatic heterocycles. The molecule has 0 fully saturated rings. The summed E-state index contributed by atoms with van der Waals surface area (Å²) in [6.07, 6.45) is 0. The van der Waals surface area contributed by atoms with Crippen LogP contribution in [-0.2, 0) is 0 Å². The summed E-state index contributed by atoms with van der Waals surface area (Å²) in [5.41, 5.74) is 3.81. The lowest BCUT2D eigenvalue weighted by molar-refractivity contribution is 0.0706. The van der Waals surface area contributed by atoms with Crippen molar-refractivity contribution in [2.24, 2.45) is 0 Å². The maximum atomic E-state index is 11.4. The fourth-order valence-electron chi connectivity index (χ4n) is 3.16. The SMILES string of the molecule is Cc1nc(N(C)c2ccc(Oc3ccc(C(=O)NO)cc3)cc2)c2ccccc2n1. The minimum atomic E-state index is -0.568. The van der Waals surface area contributed by atoms with E-state index >= 15 is 0 Å². The summed E-state index contributed by atoms with van der Waals surface area (Å²) in [4.78, 5) is 22.5. The number of para-hydroxylation sites is 1. The molecule has 3 aromatic carbocycles. The van der Waals surface area contributed by atoms with Crippen molar-refractivity contribution in [3.05, 3.63) is 84.2 Å². The van der Waals surface area contributed by atoms with Gasteiger partial charge in [-0.25, -0.2) is 15.4 Å². The normalized spacial score (nSPS) is 10.6. The van der Waals surface area contributed by atoms with Crippen LogP contribution < -0.4 is 15.1 Å². The zero-order valence-electron chi connectivity index (χ0n) is 16.5. The number of carbonyl (C=O) groups excluding carboxylic acids is 1. The number of fused-ring (bicyclic) bond motifs is 1. The van der Waals surface area contributed by atoms with Gasteiger partial charge in [0.1, 0.15) is 23.1 Å². The van der Waals surface area contributed by atoms with E-state index in [4.69, 9.17) is 9.94 Å². The smallest absolute Gasteiger partial charge is 0.274 e. The van der Waals surface area contributed by atoms with E-state index in [2.05, 4.69) is 9.97 Å². The van der Waals surface area contributed by atoms with Gasteiger partial charge in [0.05, 0.1) is 5.52 Å². The molecule has 7 heteroatoms. The molecule has 0 radical (unpaired) electrons. The number of hydroxylamine groups is 1. The van der Waals surface area contributed by atoms with Crippen LogP contribution in [0, 0.1) is 6.92 Å². The number of anilines is 2. The van der Waals surface area contributed by atoms with Gasteiger partial charge in [0.15, 0.2) is 0 Å². The number of hydrogen-bond acceptors (Lipinski definition) is 6. The highest BCUT2D eigenvalue weighted by Crippen LogP contribution is 2.30. The van der Waals surface area contributed by atoms with E-state index in [-0.39, 0.29) is 0 Å². The second kappa shape index (κ2) is 8.18. The van der Waals surface area contributed by atoms with E-state index in [1.165, 1.54) is 0 Å². The monoisotopic (exact) mass is 400 g/mol. The molecule has 150 valence electrons. The Morgan fingerprint density at radius 1 is 0.933 bits per heavy atom. The van der Waals surface area contributed by atoms with E-state index < -0.39 is 5.91 Å². The third-order valence-corrected chi connectivity index (χ3v) is 4.69. The second-order valence-corrected chi connectivity index (χ2v) is 6.73. The first kappa shape index (κ1) is 19.4. The van der Waals surface area contributed by atoms with Gasteiger partial charge in [0.2, 0.25) is 0 Å². The molecule has 1 heterocycles. The predicted octanol–water partition coefficient (Wildman–Crippen LogP) is 4.62. The molecule has 7 nitrogen and oxygen atoms in total. The van der Waals surface area contributed by atoms with Crippen LogP contribution in [0.1, 0.15) is 16.2 Å². The largest absolute Gasteiger partial charge is 0.457 e. The van der Waals surface area contributed by atoms with Crippen molar-refractivity contribution in [1.29, 1.82) is 0 Å². The maximum absolute atomic E-state index is 11.4. The summed E-state index contributed by atoms with van der Waals surface area (Å²) in [5.74, 6) is 2.23. The molecule has 0 atom stereocenters. The Hall–Kier alpha value is -3.97. The van der Waals surface area contributed by atoms with Crippen LogP contribution in [0.4, 0.5) is 11.5 Å². The van der Waals surface area contributed by atoms with Gasteiger partial charge >= 0.3 is 0 Å². The first-order chi connectivity index (χ1) is 14.5. The lowest BCUT2D eigenvalue weighted by Crippen LogP contribution is -2.18. The third-order valence-electron chi connectivity index (χ3n) is 4.69. The van der Waals surface area contributed by atoms with Crippen LogP contribution in [0.2, 0.25) is 0 Å². The summed E-state index contributed by atoms with van der Waals surface area (Å²) < 4.78 is 5.84. The zero-order valence-corrected chi connectivity index (χ0v) is 16.5. The van der Waals surface area contributed by atoms with Crippen molar-refractivity contribution in [1.82, 2.24) is 15.4 Å². The molecule has 0 saturated carbocycles. The molecule has 30 heavy (non-hydrogen) atoms. The van der Waals surface area contributed by atoms with E-state index in [9.17, 15) is 4.79 Å². The molecule has 4 rings (SSSR count). The number of benzene rings is 3. The van der Waals surface area contributed by atoms with E-state index in [1.54, 1.807) is 29.7 Å². The van der Waals surface area contributed by atoms with Gasteiger partial charge in [-0.3, -0.25) is 10.0 Å². The summed E-state index contributed by atoms with van der Waals surface area (Å²) in [7, 11) is 1.97. The van der Waals surface area contributed by atoms with Gasteiger partial charge in [-0.2, -0.15) is 0 Å². The van der Waals surface area contributed by atoms with E-state index in [0.29, 0.717) is 22.9 Å². The lowest BCUT2D eigenvalue weighted by atomic mass is 10.2. The van der Waals surface area contributed by atoms with Crippen molar-refractivity contribution in [3.63, 3.8) is 0 Å². The van der Waals surface area contributed by atoms with Crippen molar-refractivity contribution in [2.75, 3.05) is 11.9 Å². The van der Waals surface area contributed by atoms with E-state index in [1.807, 2.05) is 67.4 Å². The third kappa shape index (κ3) is 3.92. The number of carbonyl (C=O) groups is 1. The predicted molar refractivity (Wildman–Crippen MR) is 115 cm³/mol. The van der Waals surface area contributed by atoms with Crippen molar-refractivity contribution >= 4 is 28.3 Å². The lowest BCUT2D eigenvalue weighted by Gasteiger charge is -2.20. The molecule has 1 aromatic heterocycles. The molecule has 0 aliphatic carbocycles. The minimum absolute atomic E-state index is 0.342. The van der Waals surface area contributed by atoms with Crippen LogP contribution in [0.5, 0.6) is 11.5 Å². The number of ether oxygens (including phenoxy) is 1. The topological polar surface area (TPSA) is 87.6 Å². The first-order valence-corrected chi connectivity index (χ1v) is 9.34. The van der Waals surface area contributed by atoms with Gasteiger partial charge in [-0.05, 0) is 67.6 Å². The molecule has 2 N–H and O–H groups in total. The zero-order chi connectivity index (χ0) is 21.1. The van der Waals surface area contributed by atoms with Gasteiger partial charge in [0, 0.05) is 23.7 Å². The van der Waals surface area contributed by atoms with E-state index in [0.717, 1.165) is 22.4 Å². The number of nitrogens with zero attached hydrogens (tertiary/aromatic N) is 3. The molecule has 0 bridgehead atoms. The Bertz CT molecular complexity index is 1190. The number of rotatable bonds is 5. The summed E-state index contributed by atoms with van der Waals surface area (Å²) in [5, 5.41) is 9.66. The van der Waals surface area contributed by atoms with Crippen molar-refractivity contribution in [2.45, 2.75) is 6.92 Å². The standard InChI is InChI=1S/C23H20N4O3/c1-15-24-21-6-4-3-5-20(21)22(25-15)27(2)17-9-13-19(14-10-17)30-18-11-7-16(8-12-18)23(28)26-29/h3-14,29H,1-2H3,(H,26,28). The summed E-state index contributed by atoms with van der Waals surface area (Å²) in [6, 6.07) is 22.1. The molecule has 0 spiro atoms. The summed E-state index contributed by atoms with van der Waals surface area (Å²) >= 11 is 0. The molecule has 4 aromatic rings. The number of hydrogen-bond donors (Lipinski definition) is 2. The number of aryl methyl sites for hydroxylation is 1. The number of aromatic nitrogens is 2. The molecule has 0 aliphatic rings. The Balaban J connectivity index is 1.54. The Morgan fingerprint density at radius 2 is 1.57 bits per heavy atom. The van der Waals surface area contributed by atoms with Crippen LogP contribution >= 0.6 is 0 Å². The molecular formula is C23H20N4O3. The van der Waals surface area contributed by atoms with Crippen molar-refractivity contribution < 1.29 is 14.7 Å². The highest BCUT2D eigenvalue weighted by molar-refractivity contribution is 5.93. The maximum Gasteiger partial charge on any atom is 0.274 e. The van der Waals surface area contributed by atoms with Gasteiger partial charge in [-0.1, -0.05) is 12.1 Å². The average Bonchev–Trinajstić information content (AvgIpc) is 2.78. The molecule has 1 amide bonds. The highest BCUT2D eigenvalue weighted by Gasteiger charge is 2.12. The molecule has 0 unspecified atom stereocenters. The highest BCUT2D eigenvalue weighted by atomic mass is 16.5. The Morgan fingerprint density at radius 3 is 2.23 bits per heavy atom. The number of amides is 1. The quantitative estimate of drug-likeness (QED) is 0.376. The Kier molecular flexibility index (Phi) is 5.28. The molecular weight excluding hydrogens is 380 g/mol. The fourth-order valence-corrected chi connectivity index (χ4v) is 3.16. The van der Waals surface area contributed by atoms with Crippen LogP contribution in [0.25, 0.3) is 10.9 Å². The van der Waals surface area contributed by atoms with Crippen LogP contribution in [0.15, 0.2) is 72.8 Å². The van der Waals surface area contributed by atoms with Gasteiger partial charge in [-0.15, -0.1) is 0 Å². The Labute approximate surface area is 173 Å². The summed E-state index contributed by atoms with van der Waals surface area (Å²) in [6.45, 7) is 1.89. The number of nitrogens with one attached hydrogen (secondary N) is 1. The van der Waals surface area contributed by atoms with Crippen LogP contribution in [-0.4, -0.2) is 28.1 Å². The minimum Gasteiger partial charge on any atom is -0.457 e. The van der Waals surface area contributed by atoms with Crippen LogP contribution in [0.3, 0.4) is 0 Å². The van der Waals surface area contributed by atoms with Gasteiger partial charge < -0.3 is 9.64 Å². The second-order valence-electron chi connectivity index (χ2n) is 6.73. The first-order valence-electron chi connectivity index (χ1n) is 9.34. The van der Waals surface area contributed by atoms with Gasteiger partial charge in [0.25, 0.3) is 5.91 Å².